The van der Waals surface area contributed by atoms with Crippen molar-refractivity contribution >= 4 is 34.8 Å². The third-order valence-corrected chi connectivity index (χ3v) is 6.16. The predicted molar refractivity (Wildman–Crippen MR) is 135 cm³/mol. The van der Waals surface area contributed by atoms with Gasteiger partial charge in [-0.2, -0.15) is 0 Å². The number of rotatable bonds is 5. The minimum Gasteiger partial charge on any atom is -0.326 e. The molecule has 34 heavy (non-hydrogen) atoms. The zero-order chi connectivity index (χ0) is 24.4. The molecule has 1 aliphatic rings. The molecule has 2 N–H and O–H groups in total. The normalized spacial score (nSPS) is 15.4. The van der Waals surface area contributed by atoms with Crippen LogP contribution < -0.4 is 15.5 Å². The minimum atomic E-state index is -0.458. The van der Waals surface area contributed by atoms with Crippen molar-refractivity contribution in [3.8, 4) is 0 Å². The molecule has 6 nitrogen and oxygen atoms in total. The number of hydrogen-bond donors (Lipinski definition) is 2. The summed E-state index contributed by atoms with van der Waals surface area (Å²) in [5.41, 5.74) is 6.81. The maximum atomic E-state index is 12.9. The molecular weight excluding hydrogens is 426 g/mol. The smallest absolute Gasteiger partial charge is 0.255 e. The average Bonchev–Trinajstić information content (AvgIpc) is 3.17. The van der Waals surface area contributed by atoms with Gasteiger partial charge in [0, 0.05) is 35.6 Å². The minimum absolute atomic E-state index is 0.0614. The number of carbonyl (C=O) groups excluding carboxylic acids is 3. The fraction of sp³-hybridized carbons (Fsp3) is 0.250. The van der Waals surface area contributed by atoms with E-state index < -0.39 is 5.92 Å². The third kappa shape index (κ3) is 5.01. The zero-order valence-corrected chi connectivity index (χ0v) is 19.9. The van der Waals surface area contributed by atoms with Gasteiger partial charge < -0.3 is 15.5 Å². The van der Waals surface area contributed by atoms with Crippen LogP contribution in [0.3, 0.4) is 0 Å². The lowest BCUT2D eigenvalue weighted by molar-refractivity contribution is -0.122. The molecule has 3 amide bonds. The van der Waals surface area contributed by atoms with Gasteiger partial charge in [0.2, 0.25) is 11.8 Å². The fourth-order valence-electron chi connectivity index (χ4n) is 4.36. The van der Waals surface area contributed by atoms with Gasteiger partial charge in [-0.1, -0.05) is 41.5 Å². The number of nitrogens with zero attached hydrogens (tertiary/aromatic N) is 1. The van der Waals surface area contributed by atoms with Crippen LogP contribution in [0.2, 0.25) is 0 Å². The summed E-state index contributed by atoms with van der Waals surface area (Å²) in [7, 11) is 0. The zero-order valence-electron chi connectivity index (χ0n) is 19.9. The van der Waals surface area contributed by atoms with Gasteiger partial charge >= 0.3 is 0 Å². The number of amides is 3. The highest BCUT2D eigenvalue weighted by Crippen LogP contribution is 2.29. The van der Waals surface area contributed by atoms with Gasteiger partial charge in [0.25, 0.3) is 5.91 Å². The molecule has 1 aliphatic heterocycles. The Morgan fingerprint density at radius 3 is 2.26 bits per heavy atom. The first-order valence-corrected chi connectivity index (χ1v) is 11.4. The van der Waals surface area contributed by atoms with Crippen LogP contribution in [0.5, 0.6) is 0 Å². The molecule has 174 valence electrons. The van der Waals surface area contributed by atoms with Crippen LogP contribution in [0, 0.1) is 33.6 Å². The van der Waals surface area contributed by atoms with Crippen molar-refractivity contribution in [3.05, 3.63) is 88.5 Å². The van der Waals surface area contributed by atoms with Gasteiger partial charge in [0.05, 0.1) is 5.92 Å². The van der Waals surface area contributed by atoms with E-state index in [1.54, 1.807) is 29.2 Å². The Morgan fingerprint density at radius 1 is 0.853 bits per heavy atom. The summed E-state index contributed by atoms with van der Waals surface area (Å²) in [5.74, 6) is -0.998. The van der Waals surface area contributed by atoms with Crippen molar-refractivity contribution in [2.45, 2.75) is 34.1 Å². The molecule has 0 aliphatic carbocycles. The van der Waals surface area contributed by atoms with Gasteiger partial charge in [0.15, 0.2) is 0 Å². The maximum Gasteiger partial charge on any atom is 0.255 e. The summed E-state index contributed by atoms with van der Waals surface area (Å²) in [4.78, 5) is 40.0. The van der Waals surface area contributed by atoms with Crippen molar-refractivity contribution in [2.75, 3.05) is 22.1 Å². The Bertz CT molecular complexity index is 1280. The number of aryl methyl sites for hydroxylation is 4. The van der Waals surface area contributed by atoms with E-state index in [1.807, 2.05) is 64.1 Å². The largest absolute Gasteiger partial charge is 0.326 e. The van der Waals surface area contributed by atoms with Crippen LogP contribution in [0.4, 0.5) is 17.1 Å². The van der Waals surface area contributed by atoms with Crippen molar-refractivity contribution in [1.29, 1.82) is 0 Å². The van der Waals surface area contributed by atoms with E-state index in [1.165, 1.54) is 0 Å². The summed E-state index contributed by atoms with van der Waals surface area (Å²) in [6, 6.07) is 18.6. The molecule has 6 heteroatoms. The lowest BCUT2D eigenvalue weighted by Gasteiger charge is -2.19. The molecular formula is C28H29N3O3. The Balaban J connectivity index is 1.43. The first-order valence-electron chi connectivity index (χ1n) is 11.4. The molecule has 1 fully saturated rings. The molecule has 0 aromatic heterocycles. The predicted octanol–water partition coefficient (Wildman–Crippen LogP) is 5.16. The molecule has 0 spiro atoms. The summed E-state index contributed by atoms with van der Waals surface area (Å²) >= 11 is 0. The second-order valence-electron chi connectivity index (χ2n) is 9.04. The van der Waals surface area contributed by atoms with E-state index in [-0.39, 0.29) is 24.1 Å². The van der Waals surface area contributed by atoms with E-state index in [0.29, 0.717) is 17.8 Å². The Kier molecular flexibility index (Phi) is 6.50. The number of hydrogen-bond acceptors (Lipinski definition) is 3. The monoisotopic (exact) mass is 455 g/mol. The number of benzene rings is 3. The van der Waals surface area contributed by atoms with Gasteiger partial charge in [-0.25, -0.2) is 0 Å². The molecule has 1 saturated heterocycles. The first-order chi connectivity index (χ1) is 16.2. The molecule has 0 unspecified atom stereocenters. The quantitative estimate of drug-likeness (QED) is 0.558. The maximum absolute atomic E-state index is 12.9. The molecule has 1 heterocycles. The standard InChI is InChI=1S/C28H29N3O3/c1-17-8-10-24(19(3)12-17)30-27(33)21-6-5-7-23(14-21)29-28(34)22-15-26(32)31(16-22)25-11-9-18(2)13-20(25)4/h5-14,22H,15-16H2,1-4H3,(H,29,34)(H,30,33)/t22-/m0/s1. The molecule has 4 rings (SSSR count). The average molecular weight is 456 g/mol. The highest BCUT2D eigenvalue weighted by Gasteiger charge is 2.35. The van der Waals surface area contributed by atoms with Crippen LogP contribution in [0.1, 0.15) is 39.0 Å². The van der Waals surface area contributed by atoms with E-state index in [4.69, 9.17) is 0 Å². The molecule has 0 radical (unpaired) electrons. The second-order valence-corrected chi connectivity index (χ2v) is 9.04. The number of carbonyl (C=O) groups is 3. The topological polar surface area (TPSA) is 78.5 Å². The van der Waals surface area contributed by atoms with Crippen LogP contribution in [0.15, 0.2) is 60.7 Å². The molecule has 0 bridgehead atoms. The van der Waals surface area contributed by atoms with Crippen LogP contribution in [0.25, 0.3) is 0 Å². The van der Waals surface area contributed by atoms with Crippen molar-refractivity contribution in [1.82, 2.24) is 0 Å². The molecule has 3 aromatic carbocycles. The Morgan fingerprint density at radius 2 is 1.56 bits per heavy atom. The highest BCUT2D eigenvalue weighted by molar-refractivity contribution is 6.07. The lowest BCUT2D eigenvalue weighted by atomic mass is 10.1. The van der Waals surface area contributed by atoms with Crippen molar-refractivity contribution in [2.24, 2.45) is 5.92 Å². The second kappa shape index (κ2) is 9.51. The fourth-order valence-corrected chi connectivity index (χ4v) is 4.36. The number of anilines is 3. The Hall–Kier alpha value is -3.93. The number of nitrogens with one attached hydrogen (secondary N) is 2. The van der Waals surface area contributed by atoms with Crippen molar-refractivity contribution < 1.29 is 14.4 Å². The van der Waals surface area contributed by atoms with E-state index in [2.05, 4.69) is 10.6 Å². The first kappa shape index (κ1) is 23.2. The van der Waals surface area contributed by atoms with Crippen LogP contribution in [-0.2, 0) is 9.59 Å². The summed E-state index contributed by atoms with van der Waals surface area (Å²) in [5, 5.41) is 5.81. The van der Waals surface area contributed by atoms with Crippen LogP contribution in [-0.4, -0.2) is 24.3 Å². The SMILES string of the molecule is Cc1ccc(NC(=O)c2cccc(NC(=O)[C@H]3CC(=O)N(c4ccc(C)cc4C)C3)c2)c(C)c1. The van der Waals surface area contributed by atoms with E-state index in [9.17, 15) is 14.4 Å². The van der Waals surface area contributed by atoms with Gasteiger partial charge in [-0.05, 0) is 69.2 Å². The van der Waals surface area contributed by atoms with E-state index >= 15 is 0 Å². The molecule has 1 atom stereocenters. The Labute approximate surface area is 200 Å². The summed E-state index contributed by atoms with van der Waals surface area (Å²) in [6.45, 7) is 8.27. The van der Waals surface area contributed by atoms with Crippen LogP contribution >= 0.6 is 0 Å². The van der Waals surface area contributed by atoms with Gasteiger partial charge in [-0.15, -0.1) is 0 Å². The summed E-state index contributed by atoms with van der Waals surface area (Å²) in [6.07, 6.45) is 0.159. The molecule has 0 saturated carbocycles. The van der Waals surface area contributed by atoms with E-state index in [0.717, 1.165) is 33.6 Å². The summed E-state index contributed by atoms with van der Waals surface area (Å²) < 4.78 is 0. The van der Waals surface area contributed by atoms with Gasteiger partial charge in [0.1, 0.15) is 0 Å². The third-order valence-electron chi connectivity index (χ3n) is 6.16. The molecule has 3 aromatic rings. The van der Waals surface area contributed by atoms with Crippen molar-refractivity contribution in [3.63, 3.8) is 0 Å². The highest BCUT2D eigenvalue weighted by atomic mass is 16.2. The van der Waals surface area contributed by atoms with Gasteiger partial charge in [-0.3, -0.25) is 14.4 Å². The lowest BCUT2D eigenvalue weighted by Crippen LogP contribution is -2.28.